The van der Waals surface area contributed by atoms with Gasteiger partial charge in [0, 0.05) is 31.1 Å². The van der Waals surface area contributed by atoms with Crippen molar-refractivity contribution in [2.75, 3.05) is 13.1 Å². The predicted molar refractivity (Wildman–Crippen MR) is 103 cm³/mol. The van der Waals surface area contributed by atoms with Gasteiger partial charge < -0.3 is 10.2 Å². The number of rotatable bonds is 6. The van der Waals surface area contributed by atoms with Crippen LogP contribution in [0, 0.1) is 0 Å². The van der Waals surface area contributed by atoms with Gasteiger partial charge in [-0.1, -0.05) is 19.1 Å². The van der Waals surface area contributed by atoms with Crippen LogP contribution < -0.4 is 10.0 Å². The number of hydrogen-bond acceptors (Lipinski definition) is 4. The van der Waals surface area contributed by atoms with Crippen LogP contribution in [-0.4, -0.2) is 32.4 Å². The molecule has 8 heteroatoms. The lowest BCUT2D eigenvalue weighted by molar-refractivity contribution is 0.192. The number of thiophene rings is 1. The third kappa shape index (κ3) is 4.44. The van der Waals surface area contributed by atoms with E-state index < -0.39 is 10.0 Å². The summed E-state index contributed by atoms with van der Waals surface area (Å²) in [6.07, 6.45) is 1.55. The first-order chi connectivity index (χ1) is 12.5. The summed E-state index contributed by atoms with van der Waals surface area (Å²) >= 11 is 1.52. The molecule has 6 nitrogen and oxygen atoms in total. The highest BCUT2D eigenvalue weighted by Gasteiger charge is 2.23. The number of carbonyl (C=O) groups is 1. The molecule has 3 rings (SSSR count). The molecule has 0 aliphatic carbocycles. The average molecular weight is 394 g/mol. The summed E-state index contributed by atoms with van der Waals surface area (Å²) in [7, 11) is -3.55. The Morgan fingerprint density at radius 1 is 1.27 bits per heavy atom. The molecule has 0 bridgehead atoms. The molecule has 2 amide bonds. The summed E-state index contributed by atoms with van der Waals surface area (Å²) in [6, 6.07) is 8.89. The third-order valence-electron chi connectivity index (χ3n) is 4.33. The van der Waals surface area contributed by atoms with Crippen LogP contribution in [-0.2, 0) is 29.5 Å². The summed E-state index contributed by atoms with van der Waals surface area (Å²) < 4.78 is 27.7. The Bertz CT molecular complexity index is 864. The summed E-state index contributed by atoms with van der Waals surface area (Å²) in [5, 5.41) is 4.80. The molecule has 1 aliphatic rings. The predicted octanol–water partition coefficient (Wildman–Crippen LogP) is 2.70. The molecular weight excluding hydrogens is 370 g/mol. The topological polar surface area (TPSA) is 78.5 Å². The fourth-order valence-electron chi connectivity index (χ4n) is 2.88. The minimum absolute atomic E-state index is 0.0631. The van der Waals surface area contributed by atoms with Crippen molar-refractivity contribution in [1.29, 1.82) is 0 Å². The molecule has 0 spiro atoms. The molecule has 0 unspecified atom stereocenters. The molecular formula is C18H23N3O3S2. The lowest BCUT2D eigenvalue weighted by Gasteiger charge is -2.29. The van der Waals surface area contributed by atoms with Gasteiger partial charge in [-0.25, -0.2) is 17.9 Å². The molecule has 0 atom stereocenters. The van der Waals surface area contributed by atoms with Gasteiger partial charge in [-0.3, -0.25) is 0 Å². The Morgan fingerprint density at radius 2 is 2.12 bits per heavy atom. The monoisotopic (exact) mass is 393 g/mol. The lowest BCUT2D eigenvalue weighted by atomic mass is 10.0. The fraction of sp³-hybridized carbons (Fsp3) is 0.389. The first kappa shape index (κ1) is 18.9. The first-order valence-corrected chi connectivity index (χ1v) is 11.0. The van der Waals surface area contributed by atoms with E-state index in [9.17, 15) is 13.2 Å². The Labute approximate surface area is 158 Å². The Hall–Kier alpha value is -1.90. The molecule has 0 fully saturated rings. The number of benzene rings is 1. The molecule has 2 heterocycles. The molecule has 140 valence electrons. The largest absolute Gasteiger partial charge is 0.338 e. The number of fused-ring (bicyclic) bond motifs is 1. The van der Waals surface area contributed by atoms with Crippen LogP contribution in [0.3, 0.4) is 0 Å². The van der Waals surface area contributed by atoms with Crippen molar-refractivity contribution in [3.63, 3.8) is 0 Å². The SMILES string of the molecule is CCCNC(=O)N1CCc2cc(S(=O)(=O)NCc3cccs3)ccc2C1. The standard InChI is InChI=1S/C18H23N3O3S2/c1-2-8-19-18(22)21-9-7-14-11-17(6-5-15(14)13-21)26(23,24)20-12-16-4-3-10-25-16/h3-6,10-11,20H,2,7-9,12-13H2,1H3,(H,19,22). The normalized spacial score (nSPS) is 14.1. The van der Waals surface area contributed by atoms with Crippen molar-refractivity contribution in [2.24, 2.45) is 0 Å². The van der Waals surface area contributed by atoms with E-state index >= 15 is 0 Å². The summed E-state index contributed by atoms with van der Waals surface area (Å²) in [6.45, 7) is 4.07. The number of sulfonamides is 1. The Balaban J connectivity index is 1.68. The van der Waals surface area contributed by atoms with Crippen molar-refractivity contribution in [3.8, 4) is 0 Å². The van der Waals surface area contributed by atoms with E-state index in [1.54, 1.807) is 17.0 Å². The van der Waals surface area contributed by atoms with Gasteiger partial charge in [-0.2, -0.15) is 0 Å². The molecule has 2 aromatic rings. The van der Waals surface area contributed by atoms with E-state index in [-0.39, 0.29) is 10.9 Å². The maximum atomic E-state index is 12.5. The lowest BCUT2D eigenvalue weighted by Crippen LogP contribution is -2.43. The number of amides is 2. The van der Waals surface area contributed by atoms with Gasteiger partial charge in [0.1, 0.15) is 0 Å². The van der Waals surface area contributed by atoms with E-state index in [0.29, 0.717) is 32.6 Å². The highest BCUT2D eigenvalue weighted by atomic mass is 32.2. The summed E-state index contributed by atoms with van der Waals surface area (Å²) in [4.78, 5) is 15.1. The van der Waals surface area contributed by atoms with Gasteiger partial charge in [-0.05, 0) is 47.5 Å². The van der Waals surface area contributed by atoms with Crippen LogP contribution in [0.2, 0.25) is 0 Å². The van der Waals surface area contributed by atoms with Gasteiger partial charge in [0.15, 0.2) is 0 Å². The van der Waals surface area contributed by atoms with Crippen molar-refractivity contribution in [2.45, 2.75) is 37.8 Å². The van der Waals surface area contributed by atoms with Crippen molar-refractivity contribution in [1.82, 2.24) is 14.9 Å². The zero-order valence-corrected chi connectivity index (χ0v) is 16.3. The molecule has 1 aromatic heterocycles. The fourth-order valence-corrected chi connectivity index (χ4v) is 4.67. The summed E-state index contributed by atoms with van der Waals surface area (Å²) in [5.74, 6) is 0. The van der Waals surface area contributed by atoms with Crippen molar-refractivity contribution < 1.29 is 13.2 Å². The second kappa shape index (κ2) is 8.20. The van der Waals surface area contributed by atoms with E-state index in [1.165, 1.54) is 11.3 Å². The van der Waals surface area contributed by atoms with Gasteiger partial charge in [0.05, 0.1) is 4.90 Å². The number of nitrogens with one attached hydrogen (secondary N) is 2. The van der Waals surface area contributed by atoms with Crippen molar-refractivity contribution in [3.05, 3.63) is 51.7 Å². The van der Waals surface area contributed by atoms with Crippen LogP contribution in [0.25, 0.3) is 0 Å². The number of carbonyl (C=O) groups excluding carboxylic acids is 1. The molecule has 26 heavy (non-hydrogen) atoms. The van der Waals surface area contributed by atoms with Gasteiger partial charge in [0.2, 0.25) is 10.0 Å². The molecule has 1 aromatic carbocycles. The second-order valence-electron chi connectivity index (χ2n) is 6.24. The smallest absolute Gasteiger partial charge is 0.317 e. The van der Waals surface area contributed by atoms with Gasteiger partial charge in [0.25, 0.3) is 0 Å². The molecule has 1 aliphatic heterocycles. The molecule has 0 saturated carbocycles. The van der Waals surface area contributed by atoms with E-state index in [1.807, 2.05) is 30.5 Å². The zero-order valence-electron chi connectivity index (χ0n) is 14.7. The van der Waals surface area contributed by atoms with Crippen LogP contribution in [0.4, 0.5) is 4.79 Å². The van der Waals surface area contributed by atoms with Gasteiger partial charge in [-0.15, -0.1) is 11.3 Å². The Morgan fingerprint density at radius 3 is 2.85 bits per heavy atom. The van der Waals surface area contributed by atoms with E-state index in [2.05, 4.69) is 10.0 Å². The van der Waals surface area contributed by atoms with Crippen LogP contribution in [0.15, 0.2) is 40.6 Å². The zero-order chi connectivity index (χ0) is 18.6. The minimum atomic E-state index is -3.55. The second-order valence-corrected chi connectivity index (χ2v) is 9.04. The summed E-state index contributed by atoms with van der Waals surface area (Å²) in [5.41, 5.74) is 1.99. The highest BCUT2D eigenvalue weighted by molar-refractivity contribution is 7.89. The molecule has 2 N–H and O–H groups in total. The number of hydrogen-bond donors (Lipinski definition) is 2. The van der Waals surface area contributed by atoms with Crippen LogP contribution in [0.1, 0.15) is 29.3 Å². The van der Waals surface area contributed by atoms with E-state index in [0.717, 1.165) is 22.4 Å². The maximum Gasteiger partial charge on any atom is 0.317 e. The first-order valence-electron chi connectivity index (χ1n) is 8.66. The third-order valence-corrected chi connectivity index (χ3v) is 6.61. The van der Waals surface area contributed by atoms with Crippen LogP contribution >= 0.6 is 11.3 Å². The van der Waals surface area contributed by atoms with Gasteiger partial charge >= 0.3 is 6.03 Å². The van der Waals surface area contributed by atoms with Crippen LogP contribution in [0.5, 0.6) is 0 Å². The Kier molecular flexibility index (Phi) is 5.95. The number of nitrogens with zero attached hydrogens (tertiary/aromatic N) is 1. The highest BCUT2D eigenvalue weighted by Crippen LogP contribution is 2.23. The minimum Gasteiger partial charge on any atom is -0.338 e. The number of urea groups is 1. The molecule has 0 saturated heterocycles. The maximum absolute atomic E-state index is 12.5. The molecule has 0 radical (unpaired) electrons. The average Bonchev–Trinajstić information content (AvgIpc) is 3.17. The van der Waals surface area contributed by atoms with E-state index in [4.69, 9.17) is 0 Å². The van der Waals surface area contributed by atoms with Crippen molar-refractivity contribution >= 4 is 27.4 Å². The quantitative estimate of drug-likeness (QED) is 0.792.